The van der Waals surface area contributed by atoms with Gasteiger partial charge in [0.05, 0.1) is 19.3 Å². The maximum Gasteiger partial charge on any atom is 0.248 e. The zero-order chi connectivity index (χ0) is 16.8. The molecule has 6 nitrogen and oxygen atoms in total. The molecule has 3 rings (SSSR count). The van der Waals surface area contributed by atoms with Crippen LogP contribution in [0.4, 0.5) is 0 Å². The van der Waals surface area contributed by atoms with Crippen LogP contribution in [0.3, 0.4) is 0 Å². The summed E-state index contributed by atoms with van der Waals surface area (Å²) in [6.45, 7) is 7.24. The molecule has 3 aliphatic heterocycles. The Hall–Kier alpha value is -0.690. The van der Waals surface area contributed by atoms with Crippen LogP contribution in [0.2, 0.25) is 0 Å². The molecule has 0 saturated carbocycles. The van der Waals surface area contributed by atoms with Crippen LogP contribution in [-0.4, -0.2) is 88.1 Å². The van der Waals surface area contributed by atoms with Crippen molar-refractivity contribution in [1.82, 2.24) is 9.80 Å². The van der Waals surface area contributed by atoms with E-state index in [1.54, 1.807) is 7.11 Å². The minimum absolute atomic E-state index is 0.0372. The number of methoxy groups -OCH3 is 1. The Morgan fingerprint density at radius 2 is 2.08 bits per heavy atom. The maximum absolute atomic E-state index is 12.2. The van der Waals surface area contributed by atoms with Gasteiger partial charge >= 0.3 is 0 Å². The van der Waals surface area contributed by atoms with Gasteiger partial charge in [0.2, 0.25) is 5.91 Å². The molecular formula is C18H32N2O4. The summed E-state index contributed by atoms with van der Waals surface area (Å²) < 4.78 is 17.2. The highest BCUT2D eigenvalue weighted by molar-refractivity contribution is 5.77. The van der Waals surface area contributed by atoms with Gasteiger partial charge in [-0.25, -0.2) is 0 Å². The lowest BCUT2D eigenvalue weighted by atomic mass is 9.73. The lowest BCUT2D eigenvalue weighted by Gasteiger charge is -2.50. The molecule has 1 amide bonds. The van der Waals surface area contributed by atoms with Gasteiger partial charge in [-0.05, 0) is 32.1 Å². The summed E-state index contributed by atoms with van der Waals surface area (Å²) in [4.78, 5) is 16.6. The summed E-state index contributed by atoms with van der Waals surface area (Å²) >= 11 is 0. The van der Waals surface area contributed by atoms with E-state index in [4.69, 9.17) is 14.2 Å². The van der Waals surface area contributed by atoms with Crippen LogP contribution in [0.15, 0.2) is 0 Å². The minimum atomic E-state index is 0.0372. The van der Waals surface area contributed by atoms with Gasteiger partial charge in [-0.2, -0.15) is 0 Å². The van der Waals surface area contributed by atoms with E-state index in [2.05, 4.69) is 4.90 Å². The summed E-state index contributed by atoms with van der Waals surface area (Å²) in [5.74, 6) is 0.143. The molecule has 3 heterocycles. The highest BCUT2D eigenvalue weighted by atomic mass is 16.5. The first-order valence-electron chi connectivity index (χ1n) is 9.42. The number of hydrogen-bond acceptors (Lipinski definition) is 5. The Morgan fingerprint density at radius 3 is 2.88 bits per heavy atom. The molecule has 3 fully saturated rings. The first-order valence-corrected chi connectivity index (χ1v) is 9.42. The number of ether oxygens (including phenoxy) is 3. The van der Waals surface area contributed by atoms with Gasteiger partial charge in [-0.15, -0.1) is 0 Å². The summed E-state index contributed by atoms with van der Waals surface area (Å²) in [6.07, 6.45) is 5.77. The van der Waals surface area contributed by atoms with Gasteiger partial charge in [0, 0.05) is 51.9 Å². The summed E-state index contributed by atoms with van der Waals surface area (Å²) in [5, 5.41) is 0. The molecular weight excluding hydrogens is 308 g/mol. The third-order valence-corrected chi connectivity index (χ3v) is 5.75. The predicted molar refractivity (Wildman–Crippen MR) is 91.0 cm³/mol. The molecule has 0 unspecified atom stereocenters. The van der Waals surface area contributed by atoms with Crippen molar-refractivity contribution in [3.8, 4) is 0 Å². The van der Waals surface area contributed by atoms with Crippen molar-refractivity contribution in [3.05, 3.63) is 0 Å². The zero-order valence-corrected chi connectivity index (χ0v) is 15.0. The van der Waals surface area contributed by atoms with Crippen LogP contribution in [0.5, 0.6) is 0 Å². The normalized spacial score (nSPS) is 31.2. The molecule has 0 aromatic rings. The third kappa shape index (κ3) is 4.28. The Morgan fingerprint density at radius 1 is 1.25 bits per heavy atom. The number of likely N-dealkylation sites (tertiary alicyclic amines) is 2. The van der Waals surface area contributed by atoms with Crippen LogP contribution in [0.25, 0.3) is 0 Å². The van der Waals surface area contributed by atoms with Gasteiger partial charge in [-0.1, -0.05) is 0 Å². The molecule has 2 atom stereocenters. The standard InChI is InChI=1S/C18H32N2O4/c1-22-12-10-19-9-5-16-18(14-19,6-4-11-24-16)15-23-13-17(21)20-7-2-3-8-20/h16H,2-15H2,1H3/t16-,18-/m1/s1. The first kappa shape index (κ1) is 18.1. The van der Waals surface area contributed by atoms with E-state index >= 15 is 0 Å². The minimum Gasteiger partial charge on any atom is -0.383 e. The highest BCUT2D eigenvalue weighted by Gasteiger charge is 2.46. The van der Waals surface area contributed by atoms with Crippen LogP contribution in [0.1, 0.15) is 32.1 Å². The molecule has 3 aliphatic rings. The fraction of sp³-hybridized carbons (Fsp3) is 0.944. The highest BCUT2D eigenvalue weighted by Crippen LogP contribution is 2.40. The number of carbonyl (C=O) groups is 1. The number of rotatable bonds is 7. The average Bonchev–Trinajstić information content (AvgIpc) is 3.14. The number of amides is 1. The van der Waals surface area contributed by atoms with E-state index in [0.29, 0.717) is 6.61 Å². The van der Waals surface area contributed by atoms with Crippen molar-refractivity contribution >= 4 is 5.91 Å². The number of hydrogen-bond donors (Lipinski definition) is 0. The summed E-state index contributed by atoms with van der Waals surface area (Å²) in [7, 11) is 1.75. The molecule has 0 radical (unpaired) electrons. The summed E-state index contributed by atoms with van der Waals surface area (Å²) in [5.41, 5.74) is 0.0372. The van der Waals surface area contributed by atoms with Crippen molar-refractivity contribution in [2.24, 2.45) is 5.41 Å². The molecule has 0 aromatic carbocycles. The van der Waals surface area contributed by atoms with Gasteiger partial charge in [0.25, 0.3) is 0 Å². The van der Waals surface area contributed by atoms with E-state index in [1.165, 1.54) is 0 Å². The number of nitrogens with zero attached hydrogens (tertiary/aromatic N) is 2. The van der Waals surface area contributed by atoms with E-state index in [1.807, 2.05) is 4.90 Å². The molecule has 0 spiro atoms. The van der Waals surface area contributed by atoms with Crippen molar-refractivity contribution in [2.45, 2.75) is 38.2 Å². The number of carbonyl (C=O) groups excluding carboxylic acids is 1. The Bertz CT molecular complexity index is 414. The molecule has 24 heavy (non-hydrogen) atoms. The monoisotopic (exact) mass is 340 g/mol. The Balaban J connectivity index is 1.53. The molecule has 138 valence electrons. The molecule has 0 aromatic heterocycles. The van der Waals surface area contributed by atoms with Gasteiger partial charge in [-0.3, -0.25) is 4.79 Å². The number of piperidine rings is 1. The average molecular weight is 340 g/mol. The van der Waals surface area contributed by atoms with Gasteiger partial charge in [0.15, 0.2) is 0 Å². The fourth-order valence-electron chi connectivity index (χ4n) is 4.40. The lowest BCUT2D eigenvalue weighted by Crippen LogP contribution is -2.57. The van der Waals surface area contributed by atoms with Crippen LogP contribution < -0.4 is 0 Å². The Labute approximate surface area is 145 Å². The van der Waals surface area contributed by atoms with Gasteiger partial charge < -0.3 is 24.0 Å². The largest absolute Gasteiger partial charge is 0.383 e. The van der Waals surface area contributed by atoms with Crippen LogP contribution >= 0.6 is 0 Å². The molecule has 6 heteroatoms. The lowest BCUT2D eigenvalue weighted by molar-refractivity contribution is -0.160. The fourth-order valence-corrected chi connectivity index (χ4v) is 4.40. The van der Waals surface area contributed by atoms with Crippen molar-refractivity contribution in [2.75, 3.05) is 66.3 Å². The molecule has 0 bridgehead atoms. The SMILES string of the molecule is COCCN1CC[C@H]2OCCC[C@]2(COCC(=O)N2CCCC2)C1. The maximum atomic E-state index is 12.2. The molecule has 0 N–H and O–H groups in total. The third-order valence-electron chi connectivity index (χ3n) is 5.75. The van der Waals surface area contributed by atoms with E-state index < -0.39 is 0 Å². The Kier molecular flexibility index (Phi) is 6.49. The number of fused-ring (bicyclic) bond motifs is 1. The van der Waals surface area contributed by atoms with Crippen molar-refractivity contribution < 1.29 is 19.0 Å². The first-order chi connectivity index (χ1) is 11.7. The smallest absolute Gasteiger partial charge is 0.248 e. The topological polar surface area (TPSA) is 51.2 Å². The van der Waals surface area contributed by atoms with Crippen molar-refractivity contribution in [1.29, 1.82) is 0 Å². The van der Waals surface area contributed by atoms with Crippen molar-refractivity contribution in [3.63, 3.8) is 0 Å². The van der Waals surface area contributed by atoms with E-state index in [-0.39, 0.29) is 24.0 Å². The quantitative estimate of drug-likeness (QED) is 0.696. The second kappa shape index (κ2) is 8.61. The molecule has 0 aliphatic carbocycles. The predicted octanol–water partition coefficient (Wildman–Crippen LogP) is 1.14. The second-order valence-electron chi connectivity index (χ2n) is 7.46. The van der Waals surface area contributed by atoms with Gasteiger partial charge in [0.1, 0.15) is 6.61 Å². The summed E-state index contributed by atoms with van der Waals surface area (Å²) in [6, 6.07) is 0. The van der Waals surface area contributed by atoms with E-state index in [9.17, 15) is 4.79 Å². The molecule has 3 saturated heterocycles. The van der Waals surface area contributed by atoms with E-state index in [0.717, 1.165) is 78.0 Å². The van der Waals surface area contributed by atoms with Crippen LogP contribution in [0, 0.1) is 5.41 Å². The van der Waals surface area contributed by atoms with Crippen LogP contribution in [-0.2, 0) is 19.0 Å². The second-order valence-corrected chi connectivity index (χ2v) is 7.46. The zero-order valence-electron chi connectivity index (χ0n) is 15.0.